The van der Waals surface area contributed by atoms with Crippen molar-refractivity contribution in [2.75, 3.05) is 36.5 Å². The molecule has 2 aromatic heterocycles. The molecule has 0 aliphatic carbocycles. The second-order valence-corrected chi connectivity index (χ2v) is 9.91. The number of carbonyl (C=O) groups excluding carboxylic acids is 1. The number of rotatable bonds is 6. The van der Waals surface area contributed by atoms with Gasteiger partial charge < -0.3 is 4.90 Å². The minimum absolute atomic E-state index is 0.257. The van der Waals surface area contributed by atoms with Gasteiger partial charge in [-0.05, 0) is 61.0 Å². The van der Waals surface area contributed by atoms with Gasteiger partial charge in [-0.2, -0.15) is 13.2 Å². The molecule has 5 rings (SSSR count). The number of benzene rings is 2. The summed E-state index contributed by atoms with van der Waals surface area (Å²) in [6.45, 7) is 5.22. The van der Waals surface area contributed by atoms with Crippen molar-refractivity contribution in [1.29, 1.82) is 0 Å². The molecular weight excluding hydrogens is 527 g/mol. The van der Waals surface area contributed by atoms with Gasteiger partial charge in [0, 0.05) is 72.6 Å². The Kier molecular flexibility index (Phi) is 7.63. The Morgan fingerprint density at radius 2 is 1.67 bits per heavy atom. The Morgan fingerprint density at radius 3 is 2.33 bits per heavy atom. The van der Waals surface area contributed by atoms with E-state index in [0.29, 0.717) is 49.0 Å². The molecular formula is C29H27ClF3N5O. The van der Waals surface area contributed by atoms with Gasteiger partial charge >= 0.3 is 6.18 Å². The summed E-state index contributed by atoms with van der Waals surface area (Å²) in [6, 6.07) is 18.3. The molecule has 1 N–H and O–H groups in total. The first-order valence-electron chi connectivity index (χ1n) is 12.5. The number of nitrogens with zero attached hydrogens (tertiary/aromatic N) is 4. The highest BCUT2D eigenvalue weighted by molar-refractivity contribution is 6.30. The lowest BCUT2D eigenvalue weighted by molar-refractivity contribution is -0.137. The van der Waals surface area contributed by atoms with Crippen LogP contribution in [0.2, 0.25) is 5.02 Å². The van der Waals surface area contributed by atoms with Crippen molar-refractivity contribution in [2.45, 2.75) is 19.6 Å². The normalized spacial score (nSPS) is 14.4. The molecule has 6 nitrogen and oxygen atoms in total. The lowest BCUT2D eigenvalue weighted by Gasteiger charge is -2.36. The van der Waals surface area contributed by atoms with E-state index in [1.807, 2.05) is 24.0 Å². The Labute approximate surface area is 229 Å². The number of carbonyl (C=O) groups is 1. The van der Waals surface area contributed by atoms with Crippen molar-refractivity contribution in [3.63, 3.8) is 0 Å². The van der Waals surface area contributed by atoms with Crippen molar-refractivity contribution < 1.29 is 18.0 Å². The van der Waals surface area contributed by atoms with E-state index in [2.05, 4.69) is 21.4 Å². The fourth-order valence-electron chi connectivity index (χ4n) is 4.75. The summed E-state index contributed by atoms with van der Waals surface area (Å²) >= 11 is 6.11. The molecule has 1 saturated heterocycles. The van der Waals surface area contributed by atoms with E-state index < -0.39 is 11.7 Å². The maximum atomic E-state index is 13.2. The van der Waals surface area contributed by atoms with Crippen LogP contribution in [0.4, 0.5) is 18.9 Å². The van der Waals surface area contributed by atoms with Gasteiger partial charge in [0.1, 0.15) is 0 Å². The number of amides is 1. The Morgan fingerprint density at radius 1 is 0.974 bits per heavy atom. The van der Waals surface area contributed by atoms with E-state index in [0.717, 1.165) is 28.6 Å². The molecule has 0 bridgehead atoms. The third-order valence-electron chi connectivity index (χ3n) is 6.95. The SMILES string of the molecule is Cc1c(CN2CCN(c3cccc(C(F)(F)F)c3)CC2)cc(-c2ccc(Cl)cc2)n1NC(=O)c1ccncc1. The predicted octanol–water partition coefficient (Wildman–Crippen LogP) is 6.24. The Hall–Kier alpha value is -3.82. The average molecular weight is 554 g/mol. The molecule has 4 aromatic rings. The summed E-state index contributed by atoms with van der Waals surface area (Å²) in [4.78, 5) is 21.2. The molecule has 0 radical (unpaired) electrons. The zero-order valence-electron chi connectivity index (χ0n) is 21.3. The number of halogens is 4. The molecule has 1 fully saturated rings. The van der Waals surface area contributed by atoms with Gasteiger partial charge in [-0.1, -0.05) is 29.8 Å². The fraction of sp³-hybridized carbons (Fsp3) is 0.241. The molecule has 0 spiro atoms. The van der Waals surface area contributed by atoms with E-state index in [1.54, 1.807) is 47.4 Å². The largest absolute Gasteiger partial charge is 0.416 e. The van der Waals surface area contributed by atoms with Crippen LogP contribution in [-0.4, -0.2) is 46.6 Å². The second kappa shape index (κ2) is 11.1. The number of nitrogens with one attached hydrogen (secondary N) is 1. The minimum Gasteiger partial charge on any atom is -0.369 e. The number of hydrogen-bond acceptors (Lipinski definition) is 4. The maximum absolute atomic E-state index is 13.2. The number of alkyl halides is 3. The van der Waals surface area contributed by atoms with E-state index in [4.69, 9.17) is 11.6 Å². The molecule has 0 unspecified atom stereocenters. The molecule has 2 aromatic carbocycles. The van der Waals surface area contributed by atoms with Crippen LogP contribution >= 0.6 is 11.6 Å². The van der Waals surface area contributed by atoms with E-state index in [9.17, 15) is 18.0 Å². The van der Waals surface area contributed by atoms with Crippen molar-refractivity contribution in [3.8, 4) is 11.3 Å². The minimum atomic E-state index is -4.36. The van der Waals surface area contributed by atoms with Gasteiger partial charge in [-0.3, -0.25) is 24.8 Å². The summed E-state index contributed by atoms with van der Waals surface area (Å²) < 4.78 is 41.3. The van der Waals surface area contributed by atoms with Gasteiger partial charge in [0.15, 0.2) is 0 Å². The van der Waals surface area contributed by atoms with Gasteiger partial charge in [0.2, 0.25) is 0 Å². The van der Waals surface area contributed by atoms with Crippen LogP contribution < -0.4 is 10.3 Å². The zero-order chi connectivity index (χ0) is 27.6. The van der Waals surface area contributed by atoms with Gasteiger partial charge in [-0.25, -0.2) is 0 Å². The van der Waals surface area contributed by atoms with Crippen LogP contribution in [0.3, 0.4) is 0 Å². The van der Waals surface area contributed by atoms with Crippen LogP contribution in [-0.2, 0) is 12.7 Å². The Balaban J connectivity index is 1.34. The molecule has 202 valence electrons. The van der Waals surface area contributed by atoms with Gasteiger partial charge in [0.05, 0.1) is 11.3 Å². The van der Waals surface area contributed by atoms with Crippen LogP contribution in [0.25, 0.3) is 11.3 Å². The van der Waals surface area contributed by atoms with Gasteiger partial charge in [-0.15, -0.1) is 0 Å². The third kappa shape index (κ3) is 6.10. The van der Waals surface area contributed by atoms with Crippen molar-refractivity contribution in [3.05, 3.63) is 107 Å². The van der Waals surface area contributed by atoms with Crippen molar-refractivity contribution >= 4 is 23.2 Å². The third-order valence-corrected chi connectivity index (χ3v) is 7.20. The lowest BCUT2D eigenvalue weighted by atomic mass is 10.1. The highest BCUT2D eigenvalue weighted by Gasteiger charge is 2.31. The van der Waals surface area contributed by atoms with Crippen LogP contribution in [0, 0.1) is 6.92 Å². The molecule has 1 amide bonds. The number of hydrogen-bond donors (Lipinski definition) is 1. The molecule has 1 aliphatic rings. The first-order valence-corrected chi connectivity index (χ1v) is 12.9. The summed E-state index contributed by atoms with van der Waals surface area (Å²) in [6.07, 6.45) is -1.22. The molecule has 0 saturated carbocycles. The number of aromatic nitrogens is 2. The predicted molar refractivity (Wildman–Crippen MR) is 146 cm³/mol. The van der Waals surface area contributed by atoms with Crippen LogP contribution in [0.15, 0.2) is 79.1 Å². The Bertz CT molecular complexity index is 1450. The smallest absolute Gasteiger partial charge is 0.369 e. The standard InChI is InChI=1S/C29H27ClF3N5O/c1-20-23(19-36-13-15-37(16-14-36)26-4-2-3-24(18-26)29(31,32)33)17-27(21-5-7-25(30)8-6-21)38(20)35-28(39)22-9-11-34-12-10-22/h2-12,17-18H,13-16,19H2,1H3,(H,35,39). The molecule has 1 aliphatic heterocycles. The summed E-state index contributed by atoms with van der Waals surface area (Å²) in [5.74, 6) is -0.257. The second-order valence-electron chi connectivity index (χ2n) is 9.47. The monoisotopic (exact) mass is 553 g/mol. The molecule has 0 atom stereocenters. The zero-order valence-corrected chi connectivity index (χ0v) is 22.0. The van der Waals surface area contributed by atoms with Crippen LogP contribution in [0.5, 0.6) is 0 Å². The van der Waals surface area contributed by atoms with Crippen LogP contribution in [0.1, 0.15) is 27.2 Å². The highest BCUT2D eigenvalue weighted by atomic mass is 35.5. The van der Waals surface area contributed by atoms with E-state index in [-0.39, 0.29) is 5.91 Å². The number of pyridine rings is 1. The number of anilines is 1. The van der Waals surface area contributed by atoms with E-state index in [1.165, 1.54) is 12.1 Å². The fourth-order valence-corrected chi connectivity index (χ4v) is 4.87. The molecule has 3 heterocycles. The lowest BCUT2D eigenvalue weighted by Crippen LogP contribution is -2.46. The summed E-state index contributed by atoms with van der Waals surface area (Å²) in [7, 11) is 0. The quantitative estimate of drug-likeness (QED) is 0.307. The van der Waals surface area contributed by atoms with Gasteiger partial charge in [0.25, 0.3) is 5.91 Å². The maximum Gasteiger partial charge on any atom is 0.416 e. The molecule has 39 heavy (non-hydrogen) atoms. The highest BCUT2D eigenvalue weighted by Crippen LogP contribution is 2.32. The molecule has 10 heteroatoms. The van der Waals surface area contributed by atoms with Crippen molar-refractivity contribution in [2.24, 2.45) is 0 Å². The van der Waals surface area contributed by atoms with E-state index >= 15 is 0 Å². The van der Waals surface area contributed by atoms with Crippen molar-refractivity contribution in [1.82, 2.24) is 14.6 Å². The number of piperazine rings is 1. The topological polar surface area (TPSA) is 53.4 Å². The first kappa shape index (κ1) is 26.8. The average Bonchev–Trinajstić information content (AvgIpc) is 3.24. The first-order chi connectivity index (χ1) is 18.7. The summed E-state index contributed by atoms with van der Waals surface area (Å²) in [5.41, 5.74) is 7.11. The summed E-state index contributed by atoms with van der Waals surface area (Å²) in [5, 5.41) is 0.619.